The van der Waals surface area contributed by atoms with Gasteiger partial charge in [-0.2, -0.15) is 18.3 Å². The SMILES string of the molecule is CC(=O)N[C@H](Cc1ccc(NC(=O)[C@@H](NC(=O)c2ccnn2C(C)C)C2CCCCCC2)cc1)C(=O)N1CCN(C(=O)COCCOCCOCCOC[C@H]2OC[C@H](Nc3cncc(C(F)(F)F)n3)[C@@H](O)[C@H]2O)CC1. The van der Waals surface area contributed by atoms with Crippen LogP contribution in [0.1, 0.15) is 87.1 Å². The molecule has 0 spiro atoms. The molecule has 3 fully saturated rings. The number of amides is 5. The number of ether oxygens (including phenoxy) is 5. The number of aromatic nitrogens is 4. The van der Waals surface area contributed by atoms with E-state index in [0.29, 0.717) is 17.6 Å². The van der Waals surface area contributed by atoms with E-state index in [2.05, 4.69) is 36.3 Å². The predicted molar refractivity (Wildman–Crippen MR) is 264 cm³/mol. The van der Waals surface area contributed by atoms with Crippen LogP contribution in [0.4, 0.5) is 24.7 Å². The molecule has 0 unspecified atom stereocenters. The Morgan fingerprint density at radius 2 is 1.45 bits per heavy atom. The standard InChI is InChI=1S/C50H71F3N10O12/c1-32(2)63-39(14-15-55-63)47(68)60-44(35-8-6-4-5-7-9-35)48(69)57-36-12-10-34(11-13-36)26-37(56-33(3)64)49(70)62-18-16-61(17-19-62)43(65)31-74-25-23-72-21-20-71-22-24-73-30-40-46(67)45(66)38(29-75-40)58-42-28-54-27-41(59-42)50(51,52)53/h10-15,27-28,32,35,37-38,40,44-46,66-67H,4-9,16-26,29-31H2,1-3H3,(H,56,64)(H,57,69)(H,58,59)(H,60,68)/t37-,38+,40-,44+,45-,46+/m1/s1. The van der Waals surface area contributed by atoms with Crippen molar-refractivity contribution in [2.75, 3.05) is 96.3 Å². The summed E-state index contributed by atoms with van der Waals surface area (Å²) in [6.07, 6.45) is 0.845. The van der Waals surface area contributed by atoms with Crippen LogP contribution in [0.25, 0.3) is 0 Å². The van der Waals surface area contributed by atoms with Gasteiger partial charge < -0.3 is 65.0 Å². The number of halogens is 3. The van der Waals surface area contributed by atoms with E-state index in [0.717, 1.165) is 50.3 Å². The summed E-state index contributed by atoms with van der Waals surface area (Å²) in [5, 5.41) is 36.7. The molecule has 1 aliphatic carbocycles. The van der Waals surface area contributed by atoms with E-state index in [-0.39, 0.29) is 139 Å². The third-order valence-electron chi connectivity index (χ3n) is 13.1. The number of anilines is 2. The van der Waals surface area contributed by atoms with Crippen molar-refractivity contribution in [3.8, 4) is 0 Å². The number of nitrogens with one attached hydrogen (secondary N) is 4. The number of rotatable bonds is 25. The fourth-order valence-electron chi connectivity index (χ4n) is 9.11. The molecule has 0 radical (unpaired) electrons. The van der Waals surface area contributed by atoms with E-state index in [1.54, 1.807) is 51.0 Å². The second-order valence-corrected chi connectivity index (χ2v) is 19.1. The normalized spacial score (nSPS) is 20.5. The van der Waals surface area contributed by atoms with E-state index in [9.17, 15) is 47.4 Å². The van der Waals surface area contributed by atoms with Crippen LogP contribution in [0, 0.1) is 5.92 Å². The minimum Gasteiger partial charge on any atom is -0.388 e. The van der Waals surface area contributed by atoms with Crippen LogP contribution in [0.15, 0.2) is 48.9 Å². The highest BCUT2D eigenvalue weighted by molar-refractivity contribution is 6.00. The van der Waals surface area contributed by atoms with Crippen molar-refractivity contribution >= 4 is 41.0 Å². The maximum Gasteiger partial charge on any atom is 0.434 e. The molecule has 75 heavy (non-hydrogen) atoms. The fraction of sp³-hybridized carbons (Fsp3) is 0.640. The van der Waals surface area contributed by atoms with Crippen molar-refractivity contribution in [2.45, 2.75) is 114 Å². The van der Waals surface area contributed by atoms with Crippen LogP contribution in [-0.2, 0) is 55.5 Å². The third kappa shape index (κ3) is 17.9. The zero-order valence-corrected chi connectivity index (χ0v) is 42.7. The molecule has 2 saturated heterocycles. The molecule has 1 saturated carbocycles. The van der Waals surface area contributed by atoms with Crippen molar-refractivity contribution in [1.29, 1.82) is 0 Å². The second-order valence-electron chi connectivity index (χ2n) is 19.1. The molecule has 3 aliphatic rings. The van der Waals surface area contributed by atoms with E-state index < -0.39 is 48.3 Å². The molecule has 6 N–H and O–H groups in total. The molecule has 4 heterocycles. The van der Waals surface area contributed by atoms with Crippen LogP contribution in [0.5, 0.6) is 0 Å². The van der Waals surface area contributed by atoms with Gasteiger partial charge >= 0.3 is 6.18 Å². The zero-order chi connectivity index (χ0) is 53.9. The number of hydrogen-bond acceptors (Lipinski definition) is 16. The Kier molecular flexibility index (Phi) is 22.5. The first-order valence-corrected chi connectivity index (χ1v) is 25.5. The van der Waals surface area contributed by atoms with Crippen molar-refractivity contribution in [3.05, 3.63) is 65.9 Å². The molecule has 5 amide bonds. The van der Waals surface area contributed by atoms with Crippen LogP contribution in [-0.4, -0.2) is 191 Å². The molecule has 2 aromatic heterocycles. The molecular formula is C50H71F3N10O12. The summed E-state index contributed by atoms with van der Waals surface area (Å²) < 4.78 is 68.1. The van der Waals surface area contributed by atoms with Crippen LogP contribution in [0.2, 0.25) is 0 Å². The number of carbonyl (C=O) groups excluding carboxylic acids is 5. The summed E-state index contributed by atoms with van der Waals surface area (Å²) in [6.45, 7) is 7.13. The molecule has 6 atom stereocenters. The zero-order valence-electron chi connectivity index (χ0n) is 42.7. The number of alkyl halides is 3. The quantitative estimate of drug-likeness (QED) is 0.0525. The smallest absolute Gasteiger partial charge is 0.388 e. The molecule has 1 aromatic carbocycles. The fourth-order valence-corrected chi connectivity index (χ4v) is 9.11. The Morgan fingerprint density at radius 3 is 2.09 bits per heavy atom. The lowest BCUT2D eigenvalue weighted by molar-refractivity contribution is -0.161. The number of benzene rings is 1. The van der Waals surface area contributed by atoms with Crippen molar-refractivity contribution < 1.29 is 71.0 Å². The average Bonchev–Trinajstić information content (AvgIpc) is 3.74. The van der Waals surface area contributed by atoms with Gasteiger partial charge in [-0.05, 0) is 56.4 Å². The van der Waals surface area contributed by atoms with E-state index in [4.69, 9.17) is 23.7 Å². The molecule has 22 nitrogen and oxygen atoms in total. The van der Waals surface area contributed by atoms with Gasteiger partial charge in [0.05, 0.1) is 71.3 Å². The van der Waals surface area contributed by atoms with Gasteiger partial charge in [0.15, 0.2) is 5.69 Å². The molecule has 25 heteroatoms. The van der Waals surface area contributed by atoms with Gasteiger partial charge in [0.2, 0.25) is 23.6 Å². The maximum atomic E-state index is 13.9. The van der Waals surface area contributed by atoms with Gasteiger partial charge in [-0.25, -0.2) is 4.98 Å². The van der Waals surface area contributed by atoms with Gasteiger partial charge in [-0.15, -0.1) is 0 Å². The van der Waals surface area contributed by atoms with Crippen LogP contribution in [0.3, 0.4) is 0 Å². The minimum absolute atomic E-state index is 0.0288. The summed E-state index contributed by atoms with van der Waals surface area (Å²) in [4.78, 5) is 76.5. The van der Waals surface area contributed by atoms with Gasteiger partial charge in [0, 0.05) is 57.4 Å². The third-order valence-corrected chi connectivity index (χ3v) is 13.1. The lowest BCUT2D eigenvalue weighted by Gasteiger charge is -2.38. The molecule has 3 aromatic rings. The number of piperazine rings is 1. The van der Waals surface area contributed by atoms with Gasteiger partial charge in [-0.3, -0.25) is 33.6 Å². The van der Waals surface area contributed by atoms with Gasteiger partial charge in [0.1, 0.15) is 48.5 Å². The lowest BCUT2D eigenvalue weighted by atomic mass is 9.91. The Balaban J connectivity index is 0.830. The summed E-state index contributed by atoms with van der Waals surface area (Å²) >= 11 is 0. The predicted octanol–water partition coefficient (Wildman–Crippen LogP) is 2.37. The Labute approximate surface area is 433 Å². The molecule has 414 valence electrons. The Bertz CT molecular complexity index is 2290. The Hall–Kier alpha value is -5.83. The highest BCUT2D eigenvalue weighted by Gasteiger charge is 2.40. The van der Waals surface area contributed by atoms with Crippen LogP contribution < -0.4 is 21.3 Å². The number of nitrogens with zero attached hydrogens (tertiary/aromatic N) is 6. The number of aliphatic hydroxyl groups is 2. The first kappa shape index (κ1) is 58.4. The van der Waals surface area contributed by atoms with E-state index >= 15 is 0 Å². The first-order chi connectivity index (χ1) is 36.0. The molecular weight excluding hydrogens is 990 g/mol. The minimum atomic E-state index is -4.70. The first-order valence-electron chi connectivity index (χ1n) is 25.5. The van der Waals surface area contributed by atoms with Crippen molar-refractivity contribution in [1.82, 2.24) is 40.2 Å². The average molecular weight is 1060 g/mol. The molecule has 6 rings (SSSR count). The Morgan fingerprint density at radius 1 is 0.813 bits per heavy atom. The maximum absolute atomic E-state index is 13.9. The lowest BCUT2D eigenvalue weighted by Crippen LogP contribution is -2.57. The number of aliphatic hydroxyl groups excluding tert-OH is 2. The van der Waals surface area contributed by atoms with Crippen LogP contribution >= 0.6 is 0 Å². The monoisotopic (exact) mass is 1060 g/mol. The summed E-state index contributed by atoms with van der Waals surface area (Å²) in [5.41, 5.74) is 0.464. The summed E-state index contributed by atoms with van der Waals surface area (Å²) in [7, 11) is 0. The summed E-state index contributed by atoms with van der Waals surface area (Å²) in [5.74, 6) is -1.81. The second kappa shape index (κ2) is 28.9. The number of carbonyl (C=O) groups is 5. The molecule has 0 bridgehead atoms. The topological polar surface area (TPSA) is 270 Å². The van der Waals surface area contributed by atoms with E-state index in [1.165, 1.54) is 6.92 Å². The largest absolute Gasteiger partial charge is 0.434 e. The summed E-state index contributed by atoms with van der Waals surface area (Å²) in [6, 6.07) is 6.11. The highest BCUT2D eigenvalue weighted by atomic mass is 19.4. The number of hydrogen-bond donors (Lipinski definition) is 6. The van der Waals surface area contributed by atoms with Gasteiger partial charge in [-0.1, -0.05) is 37.8 Å². The van der Waals surface area contributed by atoms with Crippen molar-refractivity contribution in [2.24, 2.45) is 5.92 Å². The van der Waals surface area contributed by atoms with E-state index in [1.807, 2.05) is 13.8 Å². The molecule has 2 aliphatic heterocycles. The highest BCUT2D eigenvalue weighted by Crippen LogP contribution is 2.29. The van der Waals surface area contributed by atoms with Crippen molar-refractivity contribution in [3.63, 3.8) is 0 Å². The van der Waals surface area contributed by atoms with Gasteiger partial charge in [0.25, 0.3) is 5.91 Å².